The molecule has 2 saturated heterocycles. The minimum absolute atomic E-state index is 0.00968. The number of hydrogen-bond acceptors (Lipinski definition) is 31. The average molecular weight is 1870 g/mol. The first-order chi connectivity index (χ1) is 60.8. The zero-order valence-electron chi connectivity index (χ0n) is 69.2. The van der Waals surface area contributed by atoms with Gasteiger partial charge in [-0.25, -0.2) is 14.4 Å². The quantitative estimate of drug-likeness (QED) is 0.0177. The van der Waals surface area contributed by atoms with Crippen LogP contribution < -0.4 is 62.9 Å². The molecule has 24 N–H and O–H groups in total. The van der Waals surface area contributed by atoms with Gasteiger partial charge < -0.3 is 157 Å². The number of halogens is 2. The monoisotopic (exact) mass is 1860 g/mol. The second-order valence-electron chi connectivity index (χ2n) is 31.8. The van der Waals surface area contributed by atoms with Gasteiger partial charge in [0.25, 0.3) is 0 Å². The molecule has 44 nitrogen and oxygen atoms in total. The summed E-state index contributed by atoms with van der Waals surface area (Å²) in [6.07, 6.45) is -21.9. The summed E-state index contributed by atoms with van der Waals surface area (Å²) in [4.78, 5) is 181. The molecule has 15 unspecified atom stereocenters. The molecule has 11 bridgehead atoms. The lowest BCUT2D eigenvalue weighted by molar-refractivity contribution is -0.333. The Balaban J connectivity index is 1.02. The lowest BCUT2D eigenvalue weighted by Gasteiger charge is -2.47. The number of aliphatic hydroxyl groups excluding tert-OH is 7. The van der Waals surface area contributed by atoms with Gasteiger partial charge in [-0.15, -0.1) is 0 Å². The van der Waals surface area contributed by atoms with E-state index in [1.807, 2.05) is 0 Å². The number of anilines is 1. The summed E-state index contributed by atoms with van der Waals surface area (Å²) < 4.78 is 60.5. The molecular weight excluding hydrogens is 1770 g/mol. The van der Waals surface area contributed by atoms with Crippen molar-refractivity contribution in [2.75, 3.05) is 38.9 Å². The van der Waals surface area contributed by atoms with Crippen molar-refractivity contribution >= 4 is 102 Å². The summed E-state index contributed by atoms with van der Waals surface area (Å²) in [6.45, 7) is 2.92. The first-order valence-electron chi connectivity index (χ1n) is 40.0. The Labute approximate surface area is 743 Å². The van der Waals surface area contributed by atoms with E-state index >= 15 is 24.0 Å². The van der Waals surface area contributed by atoms with Crippen LogP contribution in [0.5, 0.6) is 46.0 Å². The van der Waals surface area contributed by atoms with Crippen LogP contribution in [0.15, 0.2) is 109 Å². The third-order valence-electron chi connectivity index (χ3n) is 21.7. The Bertz CT molecular complexity index is 5290. The van der Waals surface area contributed by atoms with Crippen molar-refractivity contribution in [2.24, 2.45) is 17.4 Å². The van der Waals surface area contributed by atoms with E-state index in [0.717, 1.165) is 90.8 Å². The van der Waals surface area contributed by atoms with Gasteiger partial charge in [0.05, 0.1) is 35.3 Å². The molecule has 0 radical (unpaired) electrons. The summed E-state index contributed by atoms with van der Waals surface area (Å²) in [7, 11) is -3.82. The number of aliphatic hydroxyl groups is 7. The second-order valence-corrected chi connectivity index (χ2v) is 34.4. The van der Waals surface area contributed by atoms with E-state index in [4.69, 9.17) is 72.6 Å². The number of unbranched alkanes of at least 4 members (excludes halogenated alkanes) is 1. The van der Waals surface area contributed by atoms with Gasteiger partial charge in [-0.1, -0.05) is 73.4 Å². The molecule has 2 fully saturated rings. The summed E-state index contributed by atoms with van der Waals surface area (Å²) >= 11 is 14.3. The fourth-order valence-corrected chi connectivity index (χ4v) is 15.9. The number of amides is 10. The molecule has 13 rings (SSSR count). The number of para-hydroxylation sites is 1. The lowest BCUT2D eigenvalue weighted by atomic mass is 9.86. The van der Waals surface area contributed by atoms with Crippen LogP contribution in [0.25, 0.3) is 11.1 Å². The number of benzene rings is 6. The molecule has 0 aromatic heterocycles. The molecule has 0 spiro atoms. The second kappa shape index (κ2) is 41.3. The van der Waals surface area contributed by atoms with Crippen LogP contribution in [0.2, 0.25) is 10.0 Å². The van der Waals surface area contributed by atoms with E-state index in [0.29, 0.717) is 10.6 Å². The van der Waals surface area contributed by atoms with E-state index in [-0.39, 0.29) is 49.8 Å². The molecule has 696 valence electrons. The number of aromatic hydroxyl groups is 3. The highest BCUT2D eigenvalue weighted by atomic mass is 35.5. The van der Waals surface area contributed by atoms with Crippen molar-refractivity contribution in [1.82, 2.24) is 41.7 Å². The maximum atomic E-state index is 16.3. The number of nitrogens with two attached hydrogens (primary N) is 2. The first-order valence-corrected chi connectivity index (χ1v) is 42.4. The normalized spacial score (nSPS) is 25.8. The van der Waals surface area contributed by atoms with Crippen molar-refractivity contribution in [1.29, 1.82) is 0 Å². The van der Waals surface area contributed by atoms with Crippen LogP contribution in [0.4, 0.5) is 15.3 Å². The van der Waals surface area contributed by atoms with Gasteiger partial charge in [-0.2, -0.15) is 0 Å². The van der Waals surface area contributed by atoms with Crippen molar-refractivity contribution in [3.63, 3.8) is 0 Å². The summed E-state index contributed by atoms with van der Waals surface area (Å²) in [5, 5.41) is 141. The molecule has 19 atom stereocenters. The number of carbonyl (C=O) groups excluding carboxylic acids is 10. The zero-order chi connectivity index (χ0) is 94.3. The van der Waals surface area contributed by atoms with E-state index in [1.54, 1.807) is 32.0 Å². The van der Waals surface area contributed by atoms with Gasteiger partial charge in [-0.3, -0.25) is 47.8 Å². The topological polar surface area (TPSA) is 684 Å². The summed E-state index contributed by atoms with van der Waals surface area (Å²) in [5.74, 6) is -21.4. The van der Waals surface area contributed by atoms with Crippen LogP contribution in [-0.2, 0) is 71.4 Å². The Kier molecular flexibility index (Phi) is 31.3. The Hall–Kier alpha value is -11.8. The number of hydrogen-bond donors (Lipinski definition) is 22. The lowest BCUT2D eigenvalue weighted by Crippen LogP contribution is -2.64. The Morgan fingerprint density at radius 2 is 1.33 bits per heavy atom. The number of carbonyl (C=O) groups is 11. The number of esters is 1. The largest absolute Gasteiger partial charge is 0.508 e. The molecule has 0 aliphatic carbocycles. The number of fused-ring (bicyclic) bond motifs is 15. The number of phenolic OH excluding ortho intramolecular Hbond substituents is 3. The highest BCUT2D eigenvalue weighted by Crippen LogP contribution is 2.51. The fourth-order valence-electron chi connectivity index (χ4n) is 14.9. The van der Waals surface area contributed by atoms with Crippen LogP contribution in [-0.4, -0.2) is 259 Å². The van der Waals surface area contributed by atoms with Crippen LogP contribution in [0, 0.1) is 5.92 Å². The van der Waals surface area contributed by atoms with Gasteiger partial charge in [0.2, 0.25) is 60.2 Å². The summed E-state index contributed by atoms with van der Waals surface area (Å²) in [5.41, 5.74) is 7.78. The molecule has 10 amide bonds. The first kappa shape index (κ1) is 97.8. The standard InChI is InChI=1S/C82H96Cl2N11O33P/c1-34(2)21-47(94(5)81(117)122-33-121-56(101)31-95(20-10-9-13-57(102)129(118,119)120)80(116)87-40-11-7-6-8-12-40)73(109)92-63-65(103)37-15-18-50(44(83)23-37)124-52-25-39-26-53(69(52)128-79-70(68(106)67(105)54(32-96)126-79)127-58-30-82(4,86)71(107)35(3)123-58)125-51-19-16-38(24-45(51)84)66(104)64-77(113)91-62(78(114)115)43-27-41(97)28-49(99)59(43)42-22-36(14-17-48(42)98)60(74(110)93-64)90-75(111)61(39)89-72(108)46(29-55(85)100)88-76(63)112/h6-8,11-12,14-19,22-28,34-35,46-47,54,57-58,60-68,70-71,79,96-99,102-107H,9-10,13,20-21,29-33,86H2,1-5H3,(H2,85,100)(H,87,116)(H,88,112)(H,89,108)(H,90,111)(H,91,113)(H,92,109)(H,93,110)(H,114,115)(H2,118,119,120)/t35?,46?,47?,54?,57?,58?,60?,61?,62-,63?,64?,65+,66-,67?,68?,70?,71?,79?,82-/m1/s1. The number of carboxylic acids is 1. The van der Waals surface area contributed by atoms with Gasteiger partial charge in [0, 0.05) is 54.0 Å². The van der Waals surface area contributed by atoms with E-state index in [2.05, 4.69) is 37.2 Å². The number of likely N-dealkylation sites (N-methyl/N-ethyl adjacent to an activating group) is 1. The number of phenols is 3. The van der Waals surface area contributed by atoms with Gasteiger partial charge >= 0.3 is 31.7 Å². The molecule has 6 aromatic rings. The van der Waals surface area contributed by atoms with Crippen molar-refractivity contribution in [3.8, 4) is 57.1 Å². The number of aliphatic carboxylic acids is 1. The van der Waals surface area contributed by atoms with E-state index < -0.39 is 304 Å². The SMILES string of the molecule is CC(C)CC(C(=O)NC1C(=O)NC(CC(N)=O)C(=O)NC2C(=O)NC3C(=O)NC(C(=O)N[C@@H](C(=O)O)c4cc(O)cc(O)c4-c4cc3ccc4O)[C@H](O)c3ccc(c(Cl)c3)Oc3cc2cc(c3OC2OC(CO)C(O)C(O)C2OC2C[C@@](C)(N)C(O)C(C)O2)Oc2ccc(cc2Cl)[C@@H]1O)N(C)C(=O)OCOC(=O)CN(CCCCC(O)P(=O)(O)O)C(=O)Nc1ccccc1. The zero-order valence-corrected chi connectivity index (χ0v) is 71.6. The van der Waals surface area contributed by atoms with Crippen molar-refractivity contribution < 1.29 is 161 Å². The number of carboxylic acid groups (broad SMARTS) is 1. The maximum absolute atomic E-state index is 16.3. The van der Waals surface area contributed by atoms with Crippen LogP contribution in [0.3, 0.4) is 0 Å². The Morgan fingerprint density at radius 3 is 1.94 bits per heavy atom. The van der Waals surface area contributed by atoms with E-state index in [9.17, 15) is 99.3 Å². The molecule has 7 aliphatic rings. The number of ether oxygens (including phenoxy) is 8. The Morgan fingerprint density at radius 1 is 0.713 bits per heavy atom. The molecule has 7 heterocycles. The molecule has 6 aromatic carbocycles. The molecule has 129 heavy (non-hydrogen) atoms. The fraction of sp³-hybridized carbons (Fsp3) is 0.427. The number of nitrogens with one attached hydrogen (secondary N) is 7. The number of urea groups is 1. The van der Waals surface area contributed by atoms with Crippen LogP contribution >= 0.6 is 30.8 Å². The molecule has 47 heteroatoms. The number of rotatable bonds is 24. The minimum Gasteiger partial charge on any atom is -0.508 e. The summed E-state index contributed by atoms with van der Waals surface area (Å²) in [6, 6.07) is 3.95. The highest BCUT2D eigenvalue weighted by Gasteiger charge is 2.52. The third-order valence-corrected chi connectivity index (χ3v) is 23.3. The average Bonchev–Trinajstić information content (AvgIpc) is 0.761. The van der Waals surface area contributed by atoms with Crippen molar-refractivity contribution in [2.45, 2.75) is 181 Å². The minimum atomic E-state index is -4.87. The van der Waals surface area contributed by atoms with Gasteiger partial charge in [0.15, 0.2) is 35.8 Å². The smallest absolute Gasteiger partial charge is 0.413 e. The predicted octanol–water partition coefficient (Wildman–Crippen LogP) is 1.66. The van der Waals surface area contributed by atoms with E-state index in [1.165, 1.54) is 26.0 Å². The highest BCUT2D eigenvalue weighted by molar-refractivity contribution is 7.52. The van der Waals surface area contributed by atoms with Crippen molar-refractivity contribution in [3.05, 3.63) is 147 Å². The molecule has 0 saturated carbocycles. The van der Waals surface area contributed by atoms with Crippen LogP contribution in [0.1, 0.15) is 124 Å². The third kappa shape index (κ3) is 23.3. The maximum Gasteiger partial charge on any atom is 0.413 e. The molecular formula is C82H96Cl2N11O33P. The van der Waals surface area contributed by atoms with Gasteiger partial charge in [0.1, 0.15) is 102 Å². The van der Waals surface area contributed by atoms with Gasteiger partial charge in [-0.05, 0) is 134 Å². The molecule has 7 aliphatic heterocycles. The predicted molar refractivity (Wildman–Crippen MR) is 444 cm³/mol. The number of nitrogens with zero attached hydrogens (tertiary/aromatic N) is 2. The number of primary amides is 1.